The van der Waals surface area contributed by atoms with Gasteiger partial charge < -0.3 is 19.5 Å². The van der Waals surface area contributed by atoms with Crippen LogP contribution in [0.3, 0.4) is 0 Å². The van der Waals surface area contributed by atoms with Gasteiger partial charge in [0, 0.05) is 6.20 Å². The van der Waals surface area contributed by atoms with Crippen molar-refractivity contribution in [1.29, 1.82) is 0 Å². The van der Waals surface area contributed by atoms with Gasteiger partial charge in [-0.3, -0.25) is 4.79 Å². The summed E-state index contributed by atoms with van der Waals surface area (Å²) in [6.07, 6.45) is 7.87. The summed E-state index contributed by atoms with van der Waals surface area (Å²) in [5.41, 5.74) is 0.376. The van der Waals surface area contributed by atoms with E-state index < -0.39 is 0 Å². The third-order valence-corrected chi connectivity index (χ3v) is 4.85. The number of aromatic nitrogens is 1. The van der Waals surface area contributed by atoms with Crippen LogP contribution in [0.4, 0.5) is 5.82 Å². The van der Waals surface area contributed by atoms with Crippen molar-refractivity contribution in [2.75, 3.05) is 26.1 Å². The topological polar surface area (TPSA) is 69.7 Å². The maximum atomic E-state index is 12.8. The molecule has 6 heteroatoms. The first kappa shape index (κ1) is 19.0. The fourth-order valence-electron chi connectivity index (χ4n) is 3.40. The molecule has 1 aromatic heterocycles. The van der Waals surface area contributed by atoms with E-state index in [1.54, 1.807) is 30.5 Å². The lowest BCUT2D eigenvalue weighted by Crippen LogP contribution is -2.18. The number of amides is 1. The molecular formula is C21H26N2O4. The molecule has 0 saturated heterocycles. The molecule has 1 N–H and O–H groups in total. The number of carbonyl (C=O) groups excluding carboxylic acids is 1. The van der Waals surface area contributed by atoms with Gasteiger partial charge in [-0.15, -0.1) is 0 Å². The van der Waals surface area contributed by atoms with Crippen LogP contribution in [0.1, 0.15) is 42.5 Å². The second kappa shape index (κ2) is 9.26. The minimum absolute atomic E-state index is 0.327. The van der Waals surface area contributed by atoms with Crippen LogP contribution >= 0.6 is 0 Å². The van der Waals surface area contributed by atoms with Crippen LogP contribution in [-0.4, -0.2) is 31.7 Å². The van der Waals surface area contributed by atoms with Crippen molar-refractivity contribution in [2.24, 2.45) is 5.92 Å². The lowest BCUT2D eigenvalue weighted by atomic mass is 9.90. The van der Waals surface area contributed by atoms with Crippen LogP contribution in [0.2, 0.25) is 0 Å². The molecule has 0 unspecified atom stereocenters. The van der Waals surface area contributed by atoms with Crippen LogP contribution in [0.15, 0.2) is 36.5 Å². The molecule has 3 rings (SSSR count). The molecule has 0 radical (unpaired) electrons. The van der Waals surface area contributed by atoms with Crippen molar-refractivity contribution in [3.8, 4) is 17.2 Å². The van der Waals surface area contributed by atoms with Crippen molar-refractivity contribution in [1.82, 2.24) is 4.98 Å². The lowest BCUT2D eigenvalue weighted by Gasteiger charge is -2.22. The first-order chi connectivity index (χ1) is 13.2. The highest BCUT2D eigenvalue weighted by Crippen LogP contribution is 2.32. The van der Waals surface area contributed by atoms with E-state index in [1.807, 2.05) is 6.07 Å². The molecule has 0 bridgehead atoms. The standard InChI is InChI=1S/C21H26N2O4/c1-25-17-11-6-10-16(19(17)26-2)21(24)23-20-18(12-7-13-22-20)27-14-15-8-4-3-5-9-15/h6-7,10-13,15H,3-5,8-9,14H2,1-2H3,(H,22,23,24). The van der Waals surface area contributed by atoms with Crippen molar-refractivity contribution in [2.45, 2.75) is 32.1 Å². The van der Waals surface area contributed by atoms with Crippen molar-refractivity contribution in [3.05, 3.63) is 42.1 Å². The van der Waals surface area contributed by atoms with Crippen molar-refractivity contribution in [3.63, 3.8) is 0 Å². The molecule has 1 fully saturated rings. The molecule has 6 nitrogen and oxygen atoms in total. The number of benzene rings is 1. The fraction of sp³-hybridized carbons (Fsp3) is 0.429. The molecule has 0 atom stereocenters. The summed E-state index contributed by atoms with van der Waals surface area (Å²) >= 11 is 0. The van der Waals surface area contributed by atoms with Gasteiger partial charge in [0.15, 0.2) is 23.1 Å². The second-order valence-corrected chi connectivity index (χ2v) is 6.66. The van der Waals surface area contributed by atoms with Crippen molar-refractivity contribution >= 4 is 11.7 Å². The summed E-state index contributed by atoms with van der Waals surface area (Å²) < 4.78 is 16.6. The van der Waals surface area contributed by atoms with E-state index in [0.29, 0.717) is 41.2 Å². The first-order valence-corrected chi connectivity index (χ1v) is 9.33. The fourth-order valence-corrected chi connectivity index (χ4v) is 3.40. The molecule has 1 aromatic carbocycles. The zero-order valence-electron chi connectivity index (χ0n) is 15.9. The Morgan fingerprint density at radius 2 is 1.85 bits per heavy atom. The summed E-state index contributed by atoms with van der Waals surface area (Å²) in [5, 5.41) is 2.83. The number of hydrogen-bond acceptors (Lipinski definition) is 5. The number of pyridine rings is 1. The Morgan fingerprint density at radius 3 is 2.59 bits per heavy atom. The van der Waals surface area contributed by atoms with Gasteiger partial charge in [0.25, 0.3) is 5.91 Å². The predicted octanol–water partition coefficient (Wildman–Crippen LogP) is 4.31. The largest absolute Gasteiger partial charge is 0.493 e. The zero-order chi connectivity index (χ0) is 19.1. The Morgan fingerprint density at radius 1 is 1.07 bits per heavy atom. The van der Waals surface area contributed by atoms with Crippen LogP contribution in [0, 0.1) is 5.92 Å². The molecule has 144 valence electrons. The van der Waals surface area contributed by atoms with E-state index in [0.717, 1.165) is 0 Å². The molecular weight excluding hydrogens is 344 g/mol. The maximum Gasteiger partial charge on any atom is 0.260 e. The summed E-state index contributed by atoms with van der Waals surface area (Å²) in [4.78, 5) is 17.1. The van der Waals surface area contributed by atoms with Gasteiger partial charge in [-0.05, 0) is 43.0 Å². The van der Waals surface area contributed by atoms with E-state index in [1.165, 1.54) is 46.3 Å². The Labute approximate surface area is 159 Å². The number of nitrogens with one attached hydrogen (secondary N) is 1. The Kier molecular flexibility index (Phi) is 6.52. The van der Waals surface area contributed by atoms with E-state index in [-0.39, 0.29) is 5.91 Å². The van der Waals surface area contributed by atoms with Crippen LogP contribution in [-0.2, 0) is 0 Å². The number of ether oxygens (including phenoxy) is 3. The van der Waals surface area contributed by atoms with Gasteiger partial charge in [0.1, 0.15) is 0 Å². The molecule has 27 heavy (non-hydrogen) atoms. The number of para-hydroxylation sites is 1. The zero-order valence-corrected chi connectivity index (χ0v) is 15.9. The number of rotatable bonds is 7. The Balaban J connectivity index is 1.73. The van der Waals surface area contributed by atoms with Gasteiger partial charge in [-0.1, -0.05) is 25.3 Å². The first-order valence-electron chi connectivity index (χ1n) is 9.33. The summed E-state index contributed by atoms with van der Waals surface area (Å²) in [6.45, 7) is 0.650. The minimum atomic E-state index is -0.327. The van der Waals surface area contributed by atoms with Crippen LogP contribution in [0.5, 0.6) is 17.2 Å². The van der Waals surface area contributed by atoms with Crippen LogP contribution < -0.4 is 19.5 Å². The molecule has 1 aliphatic rings. The highest BCUT2D eigenvalue weighted by Gasteiger charge is 2.19. The van der Waals surface area contributed by atoms with Crippen LogP contribution in [0.25, 0.3) is 0 Å². The number of methoxy groups -OCH3 is 2. The lowest BCUT2D eigenvalue weighted by molar-refractivity contribution is 0.102. The Hall–Kier alpha value is -2.76. The molecule has 0 aliphatic heterocycles. The summed E-state index contributed by atoms with van der Waals surface area (Å²) in [5.74, 6) is 2.12. The van der Waals surface area contributed by atoms with Gasteiger partial charge in [0.2, 0.25) is 0 Å². The van der Waals surface area contributed by atoms with Crippen molar-refractivity contribution < 1.29 is 19.0 Å². The average molecular weight is 370 g/mol. The van der Waals surface area contributed by atoms with E-state index in [9.17, 15) is 4.79 Å². The van der Waals surface area contributed by atoms with Gasteiger partial charge in [-0.25, -0.2) is 4.98 Å². The molecule has 1 amide bonds. The highest BCUT2D eigenvalue weighted by atomic mass is 16.5. The predicted molar refractivity (Wildman–Crippen MR) is 104 cm³/mol. The number of nitrogens with zero attached hydrogens (tertiary/aromatic N) is 1. The number of hydrogen-bond donors (Lipinski definition) is 1. The molecule has 2 aromatic rings. The molecule has 1 aliphatic carbocycles. The Bertz CT molecular complexity index is 773. The molecule has 0 spiro atoms. The summed E-state index contributed by atoms with van der Waals surface area (Å²) in [7, 11) is 3.05. The third kappa shape index (κ3) is 4.70. The number of anilines is 1. The van der Waals surface area contributed by atoms with E-state index in [2.05, 4.69) is 10.3 Å². The summed E-state index contributed by atoms with van der Waals surface area (Å²) in [6, 6.07) is 8.80. The van der Waals surface area contributed by atoms with Gasteiger partial charge >= 0.3 is 0 Å². The highest BCUT2D eigenvalue weighted by molar-refractivity contribution is 6.06. The smallest absolute Gasteiger partial charge is 0.260 e. The SMILES string of the molecule is COc1cccc(C(=O)Nc2ncccc2OCC2CCCCC2)c1OC. The second-order valence-electron chi connectivity index (χ2n) is 6.66. The average Bonchev–Trinajstić information content (AvgIpc) is 2.73. The monoisotopic (exact) mass is 370 g/mol. The minimum Gasteiger partial charge on any atom is -0.493 e. The maximum absolute atomic E-state index is 12.8. The number of carbonyl (C=O) groups is 1. The van der Waals surface area contributed by atoms with E-state index >= 15 is 0 Å². The van der Waals surface area contributed by atoms with E-state index in [4.69, 9.17) is 14.2 Å². The third-order valence-electron chi connectivity index (χ3n) is 4.85. The quantitative estimate of drug-likeness (QED) is 0.786. The normalized spacial score (nSPS) is 14.4. The molecule has 1 saturated carbocycles. The molecule has 1 heterocycles. The van der Waals surface area contributed by atoms with Gasteiger partial charge in [0.05, 0.1) is 26.4 Å². The van der Waals surface area contributed by atoms with Gasteiger partial charge in [-0.2, -0.15) is 0 Å².